The van der Waals surface area contributed by atoms with Crippen LogP contribution in [0.5, 0.6) is 11.5 Å². The summed E-state index contributed by atoms with van der Waals surface area (Å²) in [6.07, 6.45) is -4.32. The van der Waals surface area contributed by atoms with Gasteiger partial charge in [0.1, 0.15) is 11.5 Å². The van der Waals surface area contributed by atoms with E-state index in [4.69, 9.17) is 10.5 Å². The highest BCUT2D eigenvalue weighted by Crippen LogP contribution is 2.31. The van der Waals surface area contributed by atoms with E-state index >= 15 is 0 Å². The Morgan fingerprint density at radius 2 is 1.52 bits per heavy atom. The van der Waals surface area contributed by atoms with Gasteiger partial charge in [-0.05, 0) is 60.7 Å². The summed E-state index contributed by atoms with van der Waals surface area (Å²) >= 11 is 0. The molecule has 0 saturated heterocycles. The van der Waals surface area contributed by atoms with E-state index in [1.165, 1.54) is 12.1 Å². The summed E-state index contributed by atoms with van der Waals surface area (Å²) in [6, 6.07) is 16.7. The van der Waals surface area contributed by atoms with Crippen LogP contribution in [0.2, 0.25) is 0 Å². The molecule has 138 valence electrons. The molecule has 0 saturated carbocycles. The molecule has 27 heavy (non-hydrogen) atoms. The number of nitrogens with two attached hydrogens (primary N) is 1. The molecule has 3 aromatic rings. The Kier molecular flexibility index (Phi) is 5.12. The first-order valence-electron chi connectivity index (χ1n) is 8.01. The van der Waals surface area contributed by atoms with Crippen LogP contribution in [0.4, 0.5) is 13.2 Å². The fourth-order valence-electron chi connectivity index (χ4n) is 2.46. The molecule has 1 amide bonds. The number of carbonyl (C=O) groups is 1. The SMILES string of the molecule is NC(=O)Cc1cccc(-c2ccc(Oc3ccc(C(F)(F)F)cc3)cc2)n1. The first-order chi connectivity index (χ1) is 12.8. The van der Waals surface area contributed by atoms with Gasteiger partial charge in [0, 0.05) is 5.56 Å². The van der Waals surface area contributed by atoms with Gasteiger partial charge >= 0.3 is 6.18 Å². The van der Waals surface area contributed by atoms with Gasteiger partial charge in [-0.25, -0.2) is 0 Å². The maximum atomic E-state index is 12.6. The number of aromatic nitrogens is 1. The fourth-order valence-corrected chi connectivity index (χ4v) is 2.46. The maximum absolute atomic E-state index is 12.6. The Morgan fingerprint density at radius 3 is 2.07 bits per heavy atom. The van der Waals surface area contributed by atoms with Gasteiger partial charge in [0.25, 0.3) is 0 Å². The first kappa shape index (κ1) is 18.4. The molecular formula is C20H15F3N2O2. The van der Waals surface area contributed by atoms with Crippen LogP contribution >= 0.6 is 0 Å². The van der Waals surface area contributed by atoms with Crippen LogP contribution in [0.15, 0.2) is 66.7 Å². The molecular weight excluding hydrogens is 357 g/mol. The quantitative estimate of drug-likeness (QED) is 0.713. The Labute approximate surface area is 153 Å². The molecule has 0 unspecified atom stereocenters. The molecule has 4 nitrogen and oxygen atoms in total. The highest BCUT2D eigenvalue weighted by molar-refractivity contribution is 5.76. The number of rotatable bonds is 5. The Bertz CT molecular complexity index is 937. The largest absolute Gasteiger partial charge is 0.457 e. The molecule has 2 N–H and O–H groups in total. The normalized spacial score (nSPS) is 11.2. The van der Waals surface area contributed by atoms with E-state index in [-0.39, 0.29) is 6.42 Å². The highest BCUT2D eigenvalue weighted by atomic mass is 19.4. The molecule has 7 heteroatoms. The second-order valence-corrected chi connectivity index (χ2v) is 5.81. The number of halogens is 3. The average Bonchev–Trinajstić information content (AvgIpc) is 2.62. The van der Waals surface area contributed by atoms with Gasteiger partial charge in [-0.15, -0.1) is 0 Å². The van der Waals surface area contributed by atoms with Crippen LogP contribution in [0.1, 0.15) is 11.3 Å². The second-order valence-electron chi connectivity index (χ2n) is 5.81. The lowest BCUT2D eigenvalue weighted by molar-refractivity contribution is -0.137. The Balaban J connectivity index is 1.73. The average molecular weight is 372 g/mol. The molecule has 3 rings (SSSR count). The molecule has 0 atom stereocenters. The summed E-state index contributed by atoms with van der Waals surface area (Å²) in [5, 5.41) is 0. The minimum atomic E-state index is -4.38. The van der Waals surface area contributed by atoms with Crippen LogP contribution in [0.25, 0.3) is 11.3 Å². The molecule has 0 spiro atoms. The van der Waals surface area contributed by atoms with Crippen molar-refractivity contribution in [3.05, 3.63) is 78.0 Å². The van der Waals surface area contributed by atoms with Gasteiger partial charge < -0.3 is 10.5 Å². The number of hydrogen-bond donors (Lipinski definition) is 1. The van der Waals surface area contributed by atoms with Gasteiger partial charge in [0.15, 0.2) is 0 Å². The van der Waals surface area contributed by atoms with Crippen molar-refractivity contribution in [2.45, 2.75) is 12.6 Å². The maximum Gasteiger partial charge on any atom is 0.416 e. The summed E-state index contributed by atoms with van der Waals surface area (Å²) < 4.78 is 43.3. The van der Waals surface area contributed by atoms with Crippen molar-refractivity contribution in [3.63, 3.8) is 0 Å². The number of ether oxygens (including phenoxy) is 1. The third-order valence-corrected chi connectivity index (χ3v) is 3.73. The van der Waals surface area contributed by atoms with Gasteiger partial charge in [-0.2, -0.15) is 13.2 Å². The van der Waals surface area contributed by atoms with Crippen LogP contribution in [-0.2, 0) is 17.4 Å². The predicted molar refractivity (Wildman–Crippen MR) is 94.1 cm³/mol. The summed E-state index contributed by atoms with van der Waals surface area (Å²) in [6.45, 7) is 0. The summed E-state index contributed by atoms with van der Waals surface area (Å²) in [7, 11) is 0. The summed E-state index contributed by atoms with van der Waals surface area (Å²) in [5.74, 6) is 0.323. The Morgan fingerprint density at radius 1 is 0.926 bits per heavy atom. The Hall–Kier alpha value is -3.35. The van der Waals surface area contributed by atoms with Crippen molar-refractivity contribution < 1.29 is 22.7 Å². The molecule has 2 aromatic carbocycles. The number of amides is 1. The van der Waals surface area contributed by atoms with Crippen molar-refractivity contribution in [2.24, 2.45) is 5.73 Å². The number of alkyl halides is 3. The smallest absolute Gasteiger partial charge is 0.416 e. The van der Waals surface area contributed by atoms with E-state index in [0.717, 1.165) is 17.7 Å². The predicted octanol–water partition coefficient (Wildman–Crippen LogP) is 4.59. The lowest BCUT2D eigenvalue weighted by Crippen LogP contribution is -2.14. The van der Waals surface area contributed by atoms with E-state index in [0.29, 0.717) is 22.9 Å². The van der Waals surface area contributed by atoms with Gasteiger partial charge in [0.05, 0.1) is 23.4 Å². The van der Waals surface area contributed by atoms with Crippen molar-refractivity contribution in [2.75, 3.05) is 0 Å². The van der Waals surface area contributed by atoms with E-state index < -0.39 is 17.6 Å². The number of benzene rings is 2. The molecule has 0 aliphatic heterocycles. The monoisotopic (exact) mass is 372 g/mol. The van der Waals surface area contributed by atoms with Crippen molar-refractivity contribution in [3.8, 4) is 22.8 Å². The molecule has 1 aromatic heterocycles. The lowest BCUT2D eigenvalue weighted by atomic mass is 10.1. The topological polar surface area (TPSA) is 65.2 Å². The number of carbonyl (C=O) groups excluding carboxylic acids is 1. The van der Waals surface area contributed by atoms with E-state index in [2.05, 4.69) is 4.98 Å². The van der Waals surface area contributed by atoms with Gasteiger partial charge in [-0.1, -0.05) is 6.07 Å². The van der Waals surface area contributed by atoms with E-state index in [1.807, 2.05) is 0 Å². The standard InChI is InChI=1S/C20H15F3N2O2/c21-20(22,23)14-6-10-17(11-7-14)27-16-8-4-13(5-9-16)18-3-1-2-15(25-18)12-19(24)26/h1-11H,12H2,(H2,24,26). The number of nitrogens with zero attached hydrogens (tertiary/aromatic N) is 1. The van der Waals surface area contributed by atoms with Crippen LogP contribution in [0.3, 0.4) is 0 Å². The highest BCUT2D eigenvalue weighted by Gasteiger charge is 2.30. The third-order valence-electron chi connectivity index (χ3n) is 3.73. The number of primary amides is 1. The zero-order valence-electron chi connectivity index (χ0n) is 14.0. The summed E-state index contributed by atoms with van der Waals surface area (Å²) in [4.78, 5) is 15.4. The lowest BCUT2D eigenvalue weighted by Gasteiger charge is -2.09. The van der Waals surface area contributed by atoms with Gasteiger partial charge in [-0.3, -0.25) is 9.78 Å². The third kappa shape index (κ3) is 4.84. The molecule has 0 aliphatic rings. The molecule has 0 radical (unpaired) electrons. The van der Waals surface area contributed by atoms with Crippen LogP contribution in [-0.4, -0.2) is 10.9 Å². The van der Waals surface area contributed by atoms with Crippen molar-refractivity contribution in [1.82, 2.24) is 4.98 Å². The van der Waals surface area contributed by atoms with Gasteiger partial charge in [0.2, 0.25) is 5.91 Å². The van der Waals surface area contributed by atoms with Crippen molar-refractivity contribution in [1.29, 1.82) is 0 Å². The zero-order chi connectivity index (χ0) is 19.4. The molecule has 0 bridgehead atoms. The minimum Gasteiger partial charge on any atom is -0.457 e. The van der Waals surface area contributed by atoms with Crippen molar-refractivity contribution >= 4 is 5.91 Å². The van der Waals surface area contributed by atoms with E-state index in [1.54, 1.807) is 42.5 Å². The fraction of sp³-hybridized carbons (Fsp3) is 0.100. The molecule has 1 heterocycles. The van der Waals surface area contributed by atoms with E-state index in [9.17, 15) is 18.0 Å². The summed E-state index contributed by atoms with van der Waals surface area (Å²) in [5.41, 5.74) is 6.51. The number of hydrogen-bond acceptors (Lipinski definition) is 3. The molecule has 0 aliphatic carbocycles. The van der Waals surface area contributed by atoms with Crippen LogP contribution in [0, 0.1) is 0 Å². The second kappa shape index (κ2) is 7.49. The zero-order valence-corrected chi connectivity index (χ0v) is 14.0. The first-order valence-corrected chi connectivity index (χ1v) is 8.01. The minimum absolute atomic E-state index is 0.0585. The van der Waals surface area contributed by atoms with Crippen LogP contribution < -0.4 is 10.5 Å². The number of pyridine rings is 1. The molecule has 0 fully saturated rings.